The molecule has 1 fully saturated rings. The van der Waals surface area contributed by atoms with Gasteiger partial charge < -0.3 is 15.4 Å². The fourth-order valence-corrected chi connectivity index (χ4v) is 3.77. The molecule has 0 atom stereocenters. The summed E-state index contributed by atoms with van der Waals surface area (Å²) in [4.78, 5) is 21.0. The Morgan fingerprint density at radius 3 is 2.88 bits per heavy atom. The first-order valence-electron chi connectivity index (χ1n) is 9.17. The number of aryl methyl sites for hydroxylation is 2. The van der Waals surface area contributed by atoms with Crippen LogP contribution >= 0.6 is 0 Å². The van der Waals surface area contributed by atoms with Gasteiger partial charge in [0.25, 0.3) is 5.78 Å². The highest BCUT2D eigenvalue weighted by Gasteiger charge is 2.32. The number of carbonyl (C=O) groups is 1. The number of hydrogen-bond donors (Lipinski definition) is 2. The minimum absolute atomic E-state index is 0.0443. The van der Waals surface area contributed by atoms with Crippen molar-refractivity contribution in [1.82, 2.24) is 30.2 Å². The summed E-state index contributed by atoms with van der Waals surface area (Å²) in [5, 5.41) is 10.7. The van der Waals surface area contributed by atoms with E-state index < -0.39 is 0 Å². The highest BCUT2D eigenvalue weighted by Crippen LogP contribution is 2.28. The Morgan fingerprint density at radius 2 is 2.15 bits per heavy atom. The number of carbonyl (C=O) groups excluding carboxylic acids is 1. The number of nitrogens with one attached hydrogen (secondary N) is 2. The van der Waals surface area contributed by atoms with Crippen LogP contribution in [-0.2, 0) is 16.0 Å². The summed E-state index contributed by atoms with van der Waals surface area (Å²) in [6.45, 7) is 7.24. The lowest BCUT2D eigenvalue weighted by Gasteiger charge is -2.37. The Kier molecular flexibility index (Phi) is 5.83. The largest absolute Gasteiger partial charge is 0.384 e. The van der Waals surface area contributed by atoms with Gasteiger partial charge in [-0.3, -0.25) is 4.79 Å². The van der Waals surface area contributed by atoms with Gasteiger partial charge in [0.05, 0.1) is 6.61 Å². The zero-order valence-electron chi connectivity index (χ0n) is 15.8. The number of fused-ring (bicyclic) bond motifs is 1. The second kappa shape index (κ2) is 8.09. The van der Waals surface area contributed by atoms with E-state index in [0.29, 0.717) is 31.8 Å². The van der Waals surface area contributed by atoms with Gasteiger partial charge in [0.1, 0.15) is 6.33 Å². The number of hydrogen-bond acceptors (Lipinski definition) is 6. The normalized spacial score (nSPS) is 16.7. The van der Waals surface area contributed by atoms with Crippen molar-refractivity contribution in [2.24, 2.45) is 5.41 Å². The van der Waals surface area contributed by atoms with E-state index in [1.807, 2.05) is 13.8 Å². The molecule has 0 aliphatic carbocycles. The smallest absolute Gasteiger partial charge is 0.252 e. The van der Waals surface area contributed by atoms with Crippen LogP contribution in [0.5, 0.6) is 0 Å². The molecule has 0 aromatic carbocycles. The van der Waals surface area contributed by atoms with Crippen molar-refractivity contribution in [3.63, 3.8) is 0 Å². The summed E-state index contributed by atoms with van der Waals surface area (Å²) in [5.41, 5.74) is 3.01. The van der Waals surface area contributed by atoms with Gasteiger partial charge in [-0.1, -0.05) is 0 Å². The first-order valence-corrected chi connectivity index (χ1v) is 9.17. The maximum absolute atomic E-state index is 12.4. The molecule has 2 N–H and O–H groups in total. The van der Waals surface area contributed by atoms with Crippen molar-refractivity contribution in [2.45, 2.75) is 39.5 Å². The molecule has 26 heavy (non-hydrogen) atoms. The first kappa shape index (κ1) is 18.7. The van der Waals surface area contributed by atoms with Crippen LogP contribution in [0.15, 0.2) is 6.33 Å². The third-order valence-corrected chi connectivity index (χ3v) is 5.37. The third-order valence-electron chi connectivity index (χ3n) is 5.37. The van der Waals surface area contributed by atoms with Crippen LogP contribution in [0.3, 0.4) is 0 Å². The van der Waals surface area contributed by atoms with Gasteiger partial charge >= 0.3 is 0 Å². The monoisotopic (exact) mass is 360 g/mol. The van der Waals surface area contributed by atoms with Crippen LogP contribution in [0.4, 0.5) is 0 Å². The molecule has 1 aliphatic rings. The summed E-state index contributed by atoms with van der Waals surface area (Å²) in [7, 11) is 1.73. The second-order valence-electron chi connectivity index (χ2n) is 7.19. The quantitative estimate of drug-likeness (QED) is 0.759. The summed E-state index contributed by atoms with van der Waals surface area (Å²) in [6, 6.07) is 0. The van der Waals surface area contributed by atoms with E-state index in [2.05, 4.69) is 25.7 Å². The van der Waals surface area contributed by atoms with Crippen LogP contribution in [0.1, 0.15) is 36.2 Å². The van der Waals surface area contributed by atoms with Crippen molar-refractivity contribution >= 4 is 11.7 Å². The molecule has 8 heteroatoms. The number of amides is 1. The molecule has 0 radical (unpaired) electrons. The molecule has 2 aromatic heterocycles. The zero-order valence-corrected chi connectivity index (χ0v) is 15.8. The summed E-state index contributed by atoms with van der Waals surface area (Å²) in [6.07, 6.45) is 4.62. The Morgan fingerprint density at radius 1 is 1.38 bits per heavy atom. The molecule has 0 bridgehead atoms. The van der Waals surface area contributed by atoms with Gasteiger partial charge in [0.15, 0.2) is 0 Å². The van der Waals surface area contributed by atoms with E-state index in [-0.39, 0.29) is 11.3 Å². The van der Waals surface area contributed by atoms with Gasteiger partial charge in [0, 0.05) is 36.9 Å². The standard InChI is InChI=1S/C18H28N6O2/c1-13-15(14(2)24-17(23-13)21-12-22-24)4-5-16(25)20-10-18(11-26-3)6-8-19-9-7-18/h12,19H,4-11H2,1-3H3,(H,20,25). The minimum Gasteiger partial charge on any atom is -0.384 e. The molecule has 3 rings (SSSR count). The Balaban J connectivity index is 1.59. The maximum Gasteiger partial charge on any atom is 0.252 e. The van der Waals surface area contributed by atoms with Gasteiger partial charge in [-0.2, -0.15) is 10.1 Å². The Hall–Kier alpha value is -2.06. The molecule has 0 saturated carbocycles. The zero-order chi connectivity index (χ0) is 18.6. The highest BCUT2D eigenvalue weighted by atomic mass is 16.5. The fraction of sp³-hybridized carbons (Fsp3) is 0.667. The van der Waals surface area contributed by atoms with Crippen LogP contribution in [0.2, 0.25) is 0 Å². The van der Waals surface area contributed by atoms with Crippen LogP contribution in [-0.4, -0.2) is 58.8 Å². The Labute approximate surface area is 153 Å². The third kappa shape index (κ3) is 4.02. The number of rotatable bonds is 7. The number of ether oxygens (including phenoxy) is 1. The van der Waals surface area contributed by atoms with Crippen molar-refractivity contribution < 1.29 is 9.53 Å². The van der Waals surface area contributed by atoms with E-state index in [9.17, 15) is 4.79 Å². The van der Waals surface area contributed by atoms with Crippen molar-refractivity contribution in [2.75, 3.05) is 33.4 Å². The van der Waals surface area contributed by atoms with Gasteiger partial charge in [-0.15, -0.1) is 0 Å². The molecule has 142 valence electrons. The lowest BCUT2D eigenvalue weighted by atomic mass is 9.79. The van der Waals surface area contributed by atoms with Gasteiger partial charge in [0.2, 0.25) is 5.91 Å². The topological polar surface area (TPSA) is 93.4 Å². The van der Waals surface area contributed by atoms with Crippen LogP contribution in [0.25, 0.3) is 5.78 Å². The average Bonchev–Trinajstić information content (AvgIpc) is 3.09. The number of piperidine rings is 1. The number of aromatic nitrogens is 4. The van der Waals surface area contributed by atoms with Crippen molar-refractivity contribution in [1.29, 1.82) is 0 Å². The lowest BCUT2D eigenvalue weighted by molar-refractivity contribution is -0.122. The minimum atomic E-state index is 0.0443. The molecule has 3 heterocycles. The summed E-state index contributed by atoms with van der Waals surface area (Å²) in [5.74, 6) is 0.664. The van der Waals surface area contributed by atoms with E-state index in [1.165, 1.54) is 6.33 Å². The average molecular weight is 360 g/mol. The second-order valence-corrected chi connectivity index (χ2v) is 7.19. The molecule has 8 nitrogen and oxygen atoms in total. The van der Waals surface area contributed by atoms with E-state index in [4.69, 9.17) is 4.74 Å². The first-order chi connectivity index (χ1) is 12.5. The summed E-state index contributed by atoms with van der Waals surface area (Å²) >= 11 is 0. The molecule has 1 amide bonds. The molecule has 0 spiro atoms. The van der Waals surface area contributed by atoms with Gasteiger partial charge in [-0.25, -0.2) is 9.50 Å². The molecule has 0 unspecified atom stereocenters. The van der Waals surface area contributed by atoms with Crippen molar-refractivity contribution in [3.8, 4) is 0 Å². The molecule has 1 aliphatic heterocycles. The van der Waals surface area contributed by atoms with Crippen LogP contribution < -0.4 is 10.6 Å². The van der Waals surface area contributed by atoms with Crippen molar-refractivity contribution in [3.05, 3.63) is 23.3 Å². The van der Waals surface area contributed by atoms with E-state index in [0.717, 1.165) is 42.9 Å². The summed E-state index contributed by atoms with van der Waals surface area (Å²) < 4.78 is 7.13. The highest BCUT2D eigenvalue weighted by molar-refractivity contribution is 5.76. The van der Waals surface area contributed by atoms with E-state index in [1.54, 1.807) is 11.6 Å². The molecular formula is C18H28N6O2. The van der Waals surface area contributed by atoms with Crippen LogP contribution in [0, 0.1) is 19.3 Å². The molecule has 2 aromatic rings. The molecule has 1 saturated heterocycles. The Bertz CT molecular complexity index is 761. The number of methoxy groups -OCH3 is 1. The maximum atomic E-state index is 12.4. The fourth-order valence-electron chi connectivity index (χ4n) is 3.77. The predicted molar refractivity (Wildman–Crippen MR) is 98.0 cm³/mol. The predicted octanol–water partition coefficient (Wildman–Crippen LogP) is 0.806. The molecular weight excluding hydrogens is 332 g/mol. The lowest BCUT2D eigenvalue weighted by Crippen LogP contribution is -2.47. The van der Waals surface area contributed by atoms with E-state index >= 15 is 0 Å². The SMILES string of the molecule is COCC1(CNC(=O)CCc2c(C)nc3ncnn3c2C)CCNCC1. The van der Waals surface area contributed by atoms with Gasteiger partial charge in [-0.05, 0) is 51.8 Å². The number of nitrogens with zero attached hydrogens (tertiary/aromatic N) is 4.